The van der Waals surface area contributed by atoms with Crippen LogP contribution in [0.2, 0.25) is 0 Å². The number of phenols is 1. The first-order chi connectivity index (χ1) is 45.8. The third kappa shape index (κ3) is 14.6. The number of ether oxygens (including phenoxy) is 4. The standard InChI is InChI=1S/C71H82N8O17/c1-39-15-12-16-42(4)66(88)76-59-61(86)55-54(56-63(44(6)60(55)85)96-70(8,65(56)87)93-32-13-17-41(3)62(94-45(7)80)43(5)34-40(2)33-39)58-64(59)95-50-36-48(35-49(81)57(50)75-58)77-28-30-78(31-29-77)69(91)92-38-46-18-20-47(21-19-46)74-51(82)37-73-68(90)71(24-14-25-71)67(89)72-26-10-9-11-27-79-52(83)22-23-53(79)84/h12-13,15-16,18-23,32,35-36,39-41,43,62,85,87H,9-11,14,17,24-31,33-34,37-38H2,1-8H3,(H,72,89)(H,73,90)(H,74,82)(H,76,88)/b15-12+,32-13+,42-16-/t39-,40+,41+,43+,62+,70-/m0/s1. The Balaban J connectivity index is 0.808. The summed E-state index contributed by atoms with van der Waals surface area (Å²) < 4.78 is 30.6. The van der Waals surface area contributed by atoms with E-state index in [1.165, 1.54) is 55.1 Å². The van der Waals surface area contributed by atoms with Gasteiger partial charge in [-0.1, -0.05) is 64.5 Å². The first-order valence-electron chi connectivity index (χ1n) is 32.7. The third-order valence-corrected chi connectivity index (χ3v) is 18.7. The molecular weight excluding hydrogens is 1240 g/mol. The highest BCUT2D eigenvalue weighted by molar-refractivity contribution is 6.17. The normalized spacial score (nSPS) is 23.4. The number of anilines is 3. The number of carbonyl (C=O) groups is 8. The Morgan fingerprint density at radius 3 is 2.24 bits per heavy atom. The number of aliphatic hydroxyl groups excluding tert-OH is 1. The lowest BCUT2D eigenvalue weighted by Crippen LogP contribution is -2.56. The molecule has 0 spiro atoms. The van der Waals surface area contributed by atoms with Crippen molar-refractivity contribution in [3.63, 3.8) is 0 Å². The van der Waals surface area contributed by atoms with E-state index in [0.29, 0.717) is 75.0 Å². The van der Waals surface area contributed by atoms with E-state index in [0.717, 1.165) is 12.8 Å². The second-order valence-electron chi connectivity index (χ2n) is 26.1. The molecule has 7 amide bonds. The molecule has 10 rings (SSSR count). The van der Waals surface area contributed by atoms with Gasteiger partial charge in [0.05, 0.1) is 23.4 Å². The van der Waals surface area contributed by atoms with E-state index < -0.39 is 81.1 Å². The number of piperazine rings is 1. The molecular formula is C71H82N8O17. The van der Waals surface area contributed by atoms with Gasteiger partial charge in [-0.05, 0) is 113 Å². The van der Waals surface area contributed by atoms with Crippen LogP contribution in [0.15, 0.2) is 98.7 Å². The molecule has 1 aliphatic carbocycles. The number of amides is 7. The molecule has 0 unspecified atom stereocenters. The van der Waals surface area contributed by atoms with Crippen LogP contribution in [0.25, 0.3) is 38.7 Å². The predicted octanol–water partition coefficient (Wildman–Crippen LogP) is 7.89. The summed E-state index contributed by atoms with van der Waals surface area (Å²) in [7, 11) is 0. The summed E-state index contributed by atoms with van der Waals surface area (Å²) in [6.45, 7) is 15.2. The number of rotatable bonds is 15. The molecule has 5 heterocycles. The average Bonchev–Trinajstić information content (AvgIpc) is 1.37. The number of esters is 1. The summed E-state index contributed by atoms with van der Waals surface area (Å²) in [5.74, 6) is -6.01. The van der Waals surface area contributed by atoms with Crippen LogP contribution in [0.5, 0.6) is 11.5 Å². The molecule has 4 aromatic carbocycles. The van der Waals surface area contributed by atoms with Crippen LogP contribution in [0.4, 0.5) is 21.9 Å². The summed E-state index contributed by atoms with van der Waals surface area (Å²) >= 11 is 0. The minimum Gasteiger partial charge on any atom is -0.507 e. The largest absolute Gasteiger partial charge is 0.507 e. The Kier molecular flexibility index (Phi) is 20.7. The van der Waals surface area contributed by atoms with Crippen molar-refractivity contribution < 1.29 is 71.9 Å². The zero-order valence-corrected chi connectivity index (χ0v) is 55.2. The highest BCUT2D eigenvalue weighted by atomic mass is 16.7. The third-order valence-electron chi connectivity index (χ3n) is 18.7. The fourth-order valence-electron chi connectivity index (χ4n) is 13.2. The maximum atomic E-state index is 15.0. The van der Waals surface area contributed by atoms with Gasteiger partial charge in [0.25, 0.3) is 17.7 Å². The van der Waals surface area contributed by atoms with Crippen molar-refractivity contribution in [2.24, 2.45) is 29.1 Å². The lowest BCUT2D eigenvalue weighted by molar-refractivity contribution is -0.152. The van der Waals surface area contributed by atoms with E-state index in [4.69, 9.17) is 28.3 Å². The number of benzene rings is 4. The van der Waals surface area contributed by atoms with Crippen molar-refractivity contribution in [3.05, 3.63) is 121 Å². The zero-order valence-electron chi connectivity index (χ0n) is 55.2. The van der Waals surface area contributed by atoms with Crippen LogP contribution in [-0.4, -0.2) is 130 Å². The highest BCUT2D eigenvalue weighted by Gasteiger charge is 2.51. The summed E-state index contributed by atoms with van der Waals surface area (Å²) in [4.78, 5) is 142. The molecule has 6 atom stereocenters. The topological polar surface area (TPSA) is 332 Å². The fourth-order valence-corrected chi connectivity index (χ4v) is 13.2. The number of hydrogen-bond acceptors (Lipinski definition) is 19. The van der Waals surface area contributed by atoms with Gasteiger partial charge in [0.15, 0.2) is 22.4 Å². The molecule has 5 aliphatic rings. The predicted molar refractivity (Wildman–Crippen MR) is 357 cm³/mol. The van der Waals surface area contributed by atoms with Crippen LogP contribution in [0, 0.1) is 36.0 Å². The van der Waals surface area contributed by atoms with E-state index >= 15 is 4.79 Å². The van der Waals surface area contributed by atoms with Gasteiger partial charge in [0.2, 0.25) is 28.6 Å². The first-order valence-corrected chi connectivity index (χ1v) is 32.7. The quantitative estimate of drug-likeness (QED) is 0.0145. The minimum absolute atomic E-state index is 0.00605. The Hall–Kier alpha value is -10.1. The molecule has 1 saturated heterocycles. The lowest BCUT2D eigenvalue weighted by atomic mass is 9.67. The number of fused-ring (bicyclic) bond motifs is 2. The van der Waals surface area contributed by atoms with E-state index in [-0.39, 0.29) is 130 Å². The van der Waals surface area contributed by atoms with Gasteiger partial charge in [-0.2, -0.15) is 0 Å². The molecule has 4 bridgehead atoms. The SMILES string of the molecule is CC(=O)O[C@@H]1[C@H](C)C/C=C/O[C@@]2(C)Oc3c(C)c(O)c4c(=O)c(c5oc6cc(N7CCN(C(=O)OCc8ccc(NC(=O)CNC(=O)C9(C(=O)NCCCCCN%10C(=O)C=CC%10=O)CCC9)cc8)CC7)cc(=O)c6nc5c4c3=C2O)NC(=O)/C(C)=C\C=C\[C@H](C)C[C@@H](C)C[C@H]1C. The minimum atomic E-state index is -1.92. The second kappa shape index (κ2) is 28.9. The molecule has 508 valence electrons. The van der Waals surface area contributed by atoms with Gasteiger partial charge in [0.1, 0.15) is 40.8 Å². The van der Waals surface area contributed by atoms with E-state index in [9.17, 15) is 53.4 Å². The molecule has 25 heteroatoms. The van der Waals surface area contributed by atoms with Gasteiger partial charge in [0, 0.05) is 105 Å². The molecule has 1 aromatic heterocycles. The molecule has 5 aromatic rings. The number of nitrogens with zero attached hydrogens (tertiary/aromatic N) is 4. The number of carbonyl (C=O) groups excluding carboxylic acids is 8. The molecule has 96 heavy (non-hydrogen) atoms. The number of imide groups is 1. The number of nitrogens with one attached hydrogen (secondary N) is 4. The van der Waals surface area contributed by atoms with Crippen LogP contribution in [0.3, 0.4) is 0 Å². The Morgan fingerprint density at radius 2 is 1.55 bits per heavy atom. The number of allylic oxidation sites excluding steroid dienone is 4. The zero-order chi connectivity index (χ0) is 68.9. The van der Waals surface area contributed by atoms with Gasteiger partial charge in [-0.25, -0.2) is 9.78 Å². The van der Waals surface area contributed by atoms with Gasteiger partial charge >= 0.3 is 17.8 Å². The van der Waals surface area contributed by atoms with Crippen molar-refractivity contribution in [2.45, 2.75) is 132 Å². The smallest absolute Gasteiger partial charge is 0.410 e. The van der Waals surface area contributed by atoms with Crippen molar-refractivity contribution in [2.75, 3.05) is 61.3 Å². The first kappa shape index (κ1) is 68.8. The Morgan fingerprint density at radius 1 is 0.844 bits per heavy atom. The summed E-state index contributed by atoms with van der Waals surface area (Å²) in [5, 5.41) is 34.6. The lowest BCUT2D eigenvalue weighted by Gasteiger charge is -2.38. The van der Waals surface area contributed by atoms with Crippen molar-refractivity contribution >= 4 is 103 Å². The number of aromatic nitrogens is 1. The van der Waals surface area contributed by atoms with Crippen LogP contribution in [-0.2, 0) is 54.4 Å². The van der Waals surface area contributed by atoms with Crippen LogP contribution < -0.4 is 47.0 Å². The molecule has 1 saturated carbocycles. The van der Waals surface area contributed by atoms with Crippen molar-refractivity contribution in [1.82, 2.24) is 25.4 Å². The van der Waals surface area contributed by atoms with Crippen molar-refractivity contribution in [3.8, 4) is 11.5 Å². The number of unbranched alkanes of at least 4 members (excludes halogenated alkanes) is 2. The number of hydrogen-bond donors (Lipinski definition) is 6. The van der Waals surface area contributed by atoms with Gasteiger partial charge in [-0.3, -0.25) is 48.1 Å². The molecule has 2 fully saturated rings. The highest BCUT2D eigenvalue weighted by Crippen LogP contribution is 2.44. The Labute approximate surface area is 553 Å². The van der Waals surface area contributed by atoms with Gasteiger partial charge in [-0.15, -0.1) is 0 Å². The summed E-state index contributed by atoms with van der Waals surface area (Å²) in [6, 6.07) is 9.52. The molecule has 0 radical (unpaired) electrons. The van der Waals surface area contributed by atoms with Crippen molar-refractivity contribution in [1.29, 1.82) is 0 Å². The number of aromatic hydroxyl groups is 1. The van der Waals surface area contributed by atoms with Crippen LogP contribution >= 0.6 is 0 Å². The average molecular weight is 1320 g/mol. The summed E-state index contributed by atoms with van der Waals surface area (Å²) in [5.41, 5.74) is -2.08. The number of aliphatic hydroxyl groups is 1. The second-order valence-corrected chi connectivity index (χ2v) is 26.1. The molecule has 6 N–H and O–H groups in total. The monoisotopic (exact) mass is 1320 g/mol. The summed E-state index contributed by atoms with van der Waals surface area (Å²) in [6.07, 6.45) is 15.1. The number of phenolic OH excluding ortho intramolecular Hbond substituents is 1. The maximum absolute atomic E-state index is 15.0. The van der Waals surface area contributed by atoms with Crippen LogP contribution in [0.1, 0.15) is 117 Å². The maximum Gasteiger partial charge on any atom is 0.410 e. The van der Waals surface area contributed by atoms with Gasteiger partial charge < -0.3 is 64.6 Å². The van der Waals surface area contributed by atoms with E-state index in [1.807, 2.05) is 17.9 Å². The Bertz CT molecular complexity index is 4240. The molecule has 4 aliphatic heterocycles. The van der Waals surface area contributed by atoms with E-state index in [1.54, 1.807) is 55.5 Å². The fraction of sp³-hybridized carbons (Fsp3) is 0.451. The van der Waals surface area contributed by atoms with E-state index in [2.05, 4.69) is 42.0 Å². The molecule has 25 nitrogen and oxygen atoms in total.